The van der Waals surface area contributed by atoms with E-state index in [1.165, 1.54) is 0 Å². The van der Waals surface area contributed by atoms with E-state index in [2.05, 4.69) is 23.2 Å². The molecule has 1 heterocycles. The van der Waals surface area contributed by atoms with Crippen molar-refractivity contribution in [3.05, 3.63) is 54.1 Å². The van der Waals surface area contributed by atoms with Crippen molar-refractivity contribution >= 4 is 23.3 Å². The van der Waals surface area contributed by atoms with Gasteiger partial charge in [-0.05, 0) is 45.2 Å². The second kappa shape index (κ2) is 10.1. The first kappa shape index (κ1) is 21.6. The molecule has 1 atom stereocenters. The number of ether oxygens (including phenoxy) is 2. The van der Waals surface area contributed by atoms with Gasteiger partial charge in [0.2, 0.25) is 5.91 Å². The Kier molecular flexibility index (Phi) is 7.30. The van der Waals surface area contributed by atoms with E-state index in [1.807, 2.05) is 30.1 Å². The fraction of sp³-hybridized carbons (Fsp3) is 0.391. The second-order valence-electron chi connectivity index (χ2n) is 7.26. The fourth-order valence-corrected chi connectivity index (χ4v) is 3.60. The molecule has 7 heteroatoms. The van der Waals surface area contributed by atoms with Crippen LogP contribution in [0.1, 0.15) is 24.2 Å². The number of amides is 1. The number of nitrogens with one attached hydrogen (secondary N) is 1. The number of anilines is 2. The number of benzene rings is 2. The van der Waals surface area contributed by atoms with Crippen molar-refractivity contribution in [3.63, 3.8) is 0 Å². The first-order chi connectivity index (χ1) is 14.5. The third-order valence-corrected chi connectivity index (χ3v) is 4.93. The van der Waals surface area contributed by atoms with E-state index < -0.39 is 5.97 Å². The van der Waals surface area contributed by atoms with Crippen molar-refractivity contribution in [1.82, 2.24) is 4.90 Å². The standard InChI is InChI=1S/C23H29N3O4/c1-4-26-15-17(30-21-13-9-8-12-20(21)26)14-25(3)16-22(27)24-19-11-7-6-10-18(19)23(28)29-5-2/h6-13,17H,4-5,14-16H2,1-3H3,(H,24,27). The smallest absolute Gasteiger partial charge is 0.340 e. The molecule has 0 saturated heterocycles. The van der Waals surface area contributed by atoms with Gasteiger partial charge in [-0.1, -0.05) is 24.3 Å². The van der Waals surface area contributed by atoms with Crippen LogP contribution < -0.4 is 15.0 Å². The van der Waals surface area contributed by atoms with Gasteiger partial charge in [-0.15, -0.1) is 0 Å². The van der Waals surface area contributed by atoms with E-state index in [4.69, 9.17) is 9.47 Å². The van der Waals surface area contributed by atoms with Gasteiger partial charge in [0.05, 0.1) is 36.6 Å². The molecule has 0 bridgehead atoms. The number of rotatable bonds is 8. The molecule has 3 rings (SSSR count). The van der Waals surface area contributed by atoms with Crippen LogP contribution in [0.25, 0.3) is 0 Å². The lowest BCUT2D eigenvalue weighted by molar-refractivity contribution is -0.117. The van der Waals surface area contributed by atoms with Crippen molar-refractivity contribution in [3.8, 4) is 5.75 Å². The van der Waals surface area contributed by atoms with E-state index in [1.54, 1.807) is 31.2 Å². The van der Waals surface area contributed by atoms with Gasteiger partial charge in [0.15, 0.2) is 0 Å². The molecular formula is C23H29N3O4. The monoisotopic (exact) mass is 411 g/mol. The van der Waals surface area contributed by atoms with Crippen molar-refractivity contribution in [2.45, 2.75) is 20.0 Å². The highest BCUT2D eigenvalue weighted by Crippen LogP contribution is 2.32. The molecule has 1 unspecified atom stereocenters. The number of esters is 1. The minimum atomic E-state index is -0.448. The van der Waals surface area contributed by atoms with Gasteiger partial charge in [0, 0.05) is 13.1 Å². The quantitative estimate of drug-likeness (QED) is 0.674. The van der Waals surface area contributed by atoms with E-state index in [0.29, 0.717) is 17.8 Å². The average Bonchev–Trinajstić information content (AvgIpc) is 2.73. The molecular weight excluding hydrogens is 382 g/mol. The van der Waals surface area contributed by atoms with Crippen LogP contribution in [0.5, 0.6) is 5.75 Å². The largest absolute Gasteiger partial charge is 0.485 e. The summed E-state index contributed by atoms with van der Waals surface area (Å²) < 4.78 is 11.2. The average molecular weight is 412 g/mol. The number of para-hydroxylation sites is 3. The van der Waals surface area contributed by atoms with Gasteiger partial charge in [0.1, 0.15) is 11.9 Å². The minimum absolute atomic E-state index is 0.0375. The lowest BCUT2D eigenvalue weighted by atomic mass is 10.1. The van der Waals surface area contributed by atoms with Crippen LogP contribution in [-0.4, -0.2) is 62.7 Å². The molecule has 1 amide bonds. The Morgan fingerprint density at radius 1 is 1.17 bits per heavy atom. The molecule has 0 saturated carbocycles. The van der Waals surface area contributed by atoms with Crippen molar-refractivity contribution in [2.75, 3.05) is 50.1 Å². The summed E-state index contributed by atoms with van der Waals surface area (Å²) in [4.78, 5) is 28.9. The lowest BCUT2D eigenvalue weighted by Gasteiger charge is -2.37. The summed E-state index contributed by atoms with van der Waals surface area (Å²) in [6.07, 6.45) is -0.0375. The van der Waals surface area contributed by atoms with Gasteiger partial charge in [-0.25, -0.2) is 4.79 Å². The van der Waals surface area contributed by atoms with Crippen molar-refractivity contribution in [1.29, 1.82) is 0 Å². The molecule has 1 aliphatic heterocycles. The highest BCUT2D eigenvalue weighted by atomic mass is 16.5. The summed E-state index contributed by atoms with van der Waals surface area (Å²) >= 11 is 0. The predicted octanol–water partition coefficient (Wildman–Crippen LogP) is 3.02. The molecule has 30 heavy (non-hydrogen) atoms. The highest BCUT2D eigenvalue weighted by Gasteiger charge is 2.26. The first-order valence-electron chi connectivity index (χ1n) is 10.3. The molecule has 1 aliphatic rings. The summed E-state index contributed by atoms with van der Waals surface area (Å²) in [5.74, 6) is 0.227. The molecule has 160 valence electrons. The third kappa shape index (κ3) is 5.30. The van der Waals surface area contributed by atoms with E-state index in [9.17, 15) is 9.59 Å². The van der Waals surface area contributed by atoms with Crippen LogP contribution >= 0.6 is 0 Å². The van der Waals surface area contributed by atoms with Gasteiger partial charge in [0.25, 0.3) is 0 Å². The summed E-state index contributed by atoms with van der Waals surface area (Å²) in [5.41, 5.74) is 1.91. The fourth-order valence-electron chi connectivity index (χ4n) is 3.60. The van der Waals surface area contributed by atoms with Crippen LogP contribution in [0.4, 0.5) is 11.4 Å². The zero-order valence-electron chi connectivity index (χ0n) is 17.8. The third-order valence-electron chi connectivity index (χ3n) is 4.93. The van der Waals surface area contributed by atoms with Gasteiger partial charge in [-0.3, -0.25) is 9.69 Å². The maximum absolute atomic E-state index is 12.6. The number of hydrogen-bond donors (Lipinski definition) is 1. The van der Waals surface area contributed by atoms with Crippen LogP contribution in [-0.2, 0) is 9.53 Å². The normalized spacial score (nSPS) is 15.3. The Labute approximate surface area is 177 Å². The Balaban J connectivity index is 1.58. The molecule has 7 nitrogen and oxygen atoms in total. The van der Waals surface area contributed by atoms with Gasteiger partial charge in [-0.2, -0.15) is 0 Å². The lowest BCUT2D eigenvalue weighted by Crippen LogP contribution is -2.46. The number of nitrogens with zero attached hydrogens (tertiary/aromatic N) is 2. The number of fused-ring (bicyclic) bond motifs is 1. The Hall–Kier alpha value is -3.06. The maximum Gasteiger partial charge on any atom is 0.340 e. The summed E-state index contributed by atoms with van der Waals surface area (Å²) in [6, 6.07) is 14.9. The molecule has 0 fully saturated rings. The molecule has 1 N–H and O–H groups in total. The zero-order valence-corrected chi connectivity index (χ0v) is 17.8. The van der Waals surface area contributed by atoms with Crippen LogP contribution in [0, 0.1) is 0 Å². The Morgan fingerprint density at radius 3 is 2.67 bits per heavy atom. The van der Waals surface area contributed by atoms with E-state index in [-0.39, 0.29) is 25.2 Å². The summed E-state index contributed by atoms with van der Waals surface area (Å²) in [6.45, 7) is 6.61. The van der Waals surface area contributed by atoms with Gasteiger partial charge < -0.3 is 19.7 Å². The summed E-state index contributed by atoms with van der Waals surface area (Å²) in [5, 5.41) is 2.82. The number of carbonyl (C=O) groups is 2. The van der Waals surface area contributed by atoms with Gasteiger partial charge >= 0.3 is 5.97 Å². The van der Waals surface area contributed by atoms with E-state index in [0.717, 1.165) is 24.5 Å². The maximum atomic E-state index is 12.6. The molecule has 0 aliphatic carbocycles. The number of hydrogen-bond acceptors (Lipinski definition) is 6. The zero-order chi connectivity index (χ0) is 21.5. The molecule has 0 spiro atoms. The first-order valence-corrected chi connectivity index (χ1v) is 10.3. The molecule has 2 aromatic carbocycles. The van der Waals surface area contributed by atoms with E-state index >= 15 is 0 Å². The second-order valence-corrected chi connectivity index (χ2v) is 7.26. The van der Waals surface area contributed by atoms with Crippen LogP contribution in [0.15, 0.2) is 48.5 Å². The Bertz CT molecular complexity index is 886. The number of carbonyl (C=O) groups excluding carboxylic acids is 2. The van der Waals surface area contributed by atoms with Crippen molar-refractivity contribution in [2.24, 2.45) is 0 Å². The minimum Gasteiger partial charge on any atom is -0.485 e. The SMILES string of the molecule is CCOC(=O)c1ccccc1NC(=O)CN(C)CC1CN(CC)c2ccccc2O1. The predicted molar refractivity (Wildman–Crippen MR) is 117 cm³/mol. The topological polar surface area (TPSA) is 71.1 Å². The number of likely N-dealkylation sites (N-methyl/N-ethyl adjacent to an activating group) is 2. The Morgan fingerprint density at radius 2 is 1.90 bits per heavy atom. The van der Waals surface area contributed by atoms with Crippen molar-refractivity contribution < 1.29 is 19.1 Å². The van der Waals surface area contributed by atoms with Crippen LogP contribution in [0.2, 0.25) is 0 Å². The molecule has 2 aromatic rings. The molecule has 0 radical (unpaired) electrons. The van der Waals surface area contributed by atoms with Crippen LogP contribution in [0.3, 0.4) is 0 Å². The summed E-state index contributed by atoms with van der Waals surface area (Å²) in [7, 11) is 1.89. The molecule has 0 aromatic heterocycles. The highest BCUT2D eigenvalue weighted by molar-refractivity contribution is 6.01.